The highest BCUT2D eigenvalue weighted by molar-refractivity contribution is 8.26. The Hall–Kier alpha value is -2.51. The van der Waals surface area contributed by atoms with E-state index in [9.17, 15) is 4.79 Å². The van der Waals surface area contributed by atoms with Crippen molar-refractivity contribution in [3.05, 3.63) is 58.0 Å². The molecule has 0 aromatic heterocycles. The van der Waals surface area contributed by atoms with E-state index in [0.29, 0.717) is 40.5 Å². The number of hydrogen-bond acceptors (Lipinski definition) is 6. The molecule has 1 aliphatic rings. The molecule has 5 nitrogen and oxygen atoms in total. The SMILES string of the molecule is CCN1C(=O)C(=Cc2ccc(OCCOc3ccc(C)cc3C)c(OC)c2)SC1=S. The van der Waals surface area contributed by atoms with E-state index < -0.39 is 0 Å². The van der Waals surface area contributed by atoms with E-state index in [0.717, 1.165) is 16.9 Å². The molecule has 30 heavy (non-hydrogen) atoms. The zero-order valence-corrected chi connectivity index (χ0v) is 19.2. The molecular weight excluding hydrogens is 418 g/mol. The molecule has 0 bridgehead atoms. The Morgan fingerprint density at radius 2 is 1.73 bits per heavy atom. The first-order chi connectivity index (χ1) is 14.4. The Labute approximate surface area is 187 Å². The smallest absolute Gasteiger partial charge is 0.266 e. The van der Waals surface area contributed by atoms with Crippen LogP contribution in [0.1, 0.15) is 23.6 Å². The molecule has 1 heterocycles. The number of benzene rings is 2. The first-order valence-corrected chi connectivity index (χ1v) is 10.9. The average Bonchev–Trinajstić information content (AvgIpc) is 2.99. The van der Waals surface area contributed by atoms with Gasteiger partial charge < -0.3 is 14.2 Å². The molecular formula is C23H25NO4S2. The molecule has 0 spiro atoms. The van der Waals surface area contributed by atoms with Gasteiger partial charge in [-0.3, -0.25) is 9.69 Å². The van der Waals surface area contributed by atoms with Crippen molar-refractivity contribution >= 4 is 40.3 Å². The Bertz CT molecular complexity index is 987. The van der Waals surface area contributed by atoms with Crippen molar-refractivity contribution in [2.24, 2.45) is 0 Å². The van der Waals surface area contributed by atoms with E-state index in [-0.39, 0.29) is 5.91 Å². The van der Waals surface area contributed by atoms with Crippen LogP contribution in [0.2, 0.25) is 0 Å². The summed E-state index contributed by atoms with van der Waals surface area (Å²) in [6.45, 7) is 7.38. The number of nitrogens with zero attached hydrogens (tertiary/aromatic N) is 1. The van der Waals surface area contributed by atoms with Gasteiger partial charge in [-0.1, -0.05) is 47.7 Å². The third kappa shape index (κ3) is 5.15. The lowest BCUT2D eigenvalue weighted by Gasteiger charge is -2.13. The quantitative estimate of drug-likeness (QED) is 0.325. The third-order valence-electron chi connectivity index (χ3n) is 4.60. The fourth-order valence-electron chi connectivity index (χ4n) is 3.08. The zero-order chi connectivity index (χ0) is 21.7. The van der Waals surface area contributed by atoms with Crippen molar-refractivity contribution in [3.63, 3.8) is 0 Å². The van der Waals surface area contributed by atoms with Gasteiger partial charge in [-0.25, -0.2) is 0 Å². The lowest BCUT2D eigenvalue weighted by atomic mass is 10.1. The van der Waals surface area contributed by atoms with Gasteiger partial charge in [0, 0.05) is 6.54 Å². The van der Waals surface area contributed by atoms with E-state index >= 15 is 0 Å². The van der Waals surface area contributed by atoms with Gasteiger partial charge in [-0.2, -0.15) is 0 Å². The van der Waals surface area contributed by atoms with Gasteiger partial charge in [0.15, 0.2) is 11.5 Å². The number of thiocarbonyl (C=S) groups is 1. The number of carbonyl (C=O) groups is 1. The van der Waals surface area contributed by atoms with Crippen molar-refractivity contribution in [2.45, 2.75) is 20.8 Å². The van der Waals surface area contributed by atoms with Crippen LogP contribution < -0.4 is 14.2 Å². The number of aryl methyl sites for hydroxylation is 2. The highest BCUT2D eigenvalue weighted by Gasteiger charge is 2.30. The van der Waals surface area contributed by atoms with Crippen LogP contribution in [-0.2, 0) is 4.79 Å². The maximum atomic E-state index is 12.4. The molecule has 0 atom stereocenters. The molecule has 3 rings (SSSR count). The molecule has 1 aliphatic heterocycles. The number of ether oxygens (including phenoxy) is 3. The molecule has 2 aromatic carbocycles. The Balaban J connectivity index is 1.62. The highest BCUT2D eigenvalue weighted by Crippen LogP contribution is 2.34. The van der Waals surface area contributed by atoms with E-state index in [1.54, 1.807) is 12.0 Å². The minimum absolute atomic E-state index is 0.0599. The Morgan fingerprint density at radius 1 is 1.03 bits per heavy atom. The van der Waals surface area contributed by atoms with Crippen molar-refractivity contribution in [2.75, 3.05) is 26.9 Å². The number of rotatable bonds is 8. The molecule has 1 fully saturated rings. The van der Waals surface area contributed by atoms with E-state index in [4.69, 9.17) is 26.4 Å². The highest BCUT2D eigenvalue weighted by atomic mass is 32.2. The van der Waals surface area contributed by atoms with Gasteiger partial charge in [0.25, 0.3) is 5.91 Å². The third-order valence-corrected chi connectivity index (χ3v) is 5.98. The molecule has 0 radical (unpaired) electrons. The zero-order valence-electron chi connectivity index (χ0n) is 17.6. The largest absolute Gasteiger partial charge is 0.493 e. The number of likely N-dealkylation sites (N-methyl/N-ethyl adjacent to an activating group) is 1. The van der Waals surface area contributed by atoms with E-state index in [2.05, 4.69) is 13.0 Å². The van der Waals surface area contributed by atoms with Crippen molar-refractivity contribution in [1.82, 2.24) is 4.90 Å². The minimum atomic E-state index is -0.0599. The first kappa shape index (κ1) is 22.2. The predicted octanol–water partition coefficient (Wildman–Crippen LogP) is 4.99. The van der Waals surface area contributed by atoms with Crippen molar-refractivity contribution in [3.8, 4) is 17.2 Å². The monoisotopic (exact) mass is 443 g/mol. The second-order valence-electron chi connectivity index (χ2n) is 6.80. The number of methoxy groups -OCH3 is 1. The number of carbonyl (C=O) groups excluding carboxylic acids is 1. The summed E-state index contributed by atoms with van der Waals surface area (Å²) in [7, 11) is 1.59. The minimum Gasteiger partial charge on any atom is -0.493 e. The summed E-state index contributed by atoms with van der Waals surface area (Å²) in [6.07, 6.45) is 1.82. The molecule has 1 saturated heterocycles. The van der Waals surface area contributed by atoms with E-state index in [1.165, 1.54) is 17.3 Å². The van der Waals surface area contributed by atoms with Crippen molar-refractivity contribution in [1.29, 1.82) is 0 Å². The van der Waals surface area contributed by atoms with Crippen LogP contribution in [0.5, 0.6) is 17.2 Å². The van der Waals surface area contributed by atoms with Crippen LogP contribution in [0.3, 0.4) is 0 Å². The predicted molar refractivity (Wildman–Crippen MR) is 125 cm³/mol. The summed E-state index contributed by atoms with van der Waals surface area (Å²) in [6, 6.07) is 11.7. The summed E-state index contributed by atoms with van der Waals surface area (Å²) < 4.78 is 17.7. The lowest BCUT2D eigenvalue weighted by Crippen LogP contribution is -2.27. The van der Waals surface area contributed by atoms with Gasteiger partial charge >= 0.3 is 0 Å². The Morgan fingerprint density at radius 3 is 2.37 bits per heavy atom. The number of thioether (sulfide) groups is 1. The summed E-state index contributed by atoms with van der Waals surface area (Å²) in [5, 5.41) is 0. The second-order valence-corrected chi connectivity index (χ2v) is 8.48. The van der Waals surface area contributed by atoms with Gasteiger partial charge in [-0.05, 0) is 56.2 Å². The fourth-order valence-corrected chi connectivity index (χ4v) is 4.47. The molecule has 2 aromatic rings. The van der Waals surface area contributed by atoms with Crippen LogP contribution in [0.4, 0.5) is 0 Å². The molecule has 158 valence electrons. The van der Waals surface area contributed by atoms with Crippen LogP contribution >= 0.6 is 24.0 Å². The van der Waals surface area contributed by atoms with Crippen LogP contribution in [0, 0.1) is 13.8 Å². The molecule has 7 heteroatoms. The summed E-state index contributed by atoms with van der Waals surface area (Å²) in [5.74, 6) is 2.02. The lowest BCUT2D eigenvalue weighted by molar-refractivity contribution is -0.121. The topological polar surface area (TPSA) is 48.0 Å². The van der Waals surface area contributed by atoms with Crippen molar-refractivity contribution < 1.29 is 19.0 Å². The fraction of sp³-hybridized carbons (Fsp3) is 0.304. The average molecular weight is 444 g/mol. The van der Waals surface area contributed by atoms with Gasteiger partial charge in [0.1, 0.15) is 23.3 Å². The maximum absolute atomic E-state index is 12.4. The van der Waals surface area contributed by atoms with E-state index in [1.807, 2.05) is 50.3 Å². The maximum Gasteiger partial charge on any atom is 0.266 e. The molecule has 1 amide bonds. The van der Waals surface area contributed by atoms with Gasteiger partial charge in [0.05, 0.1) is 12.0 Å². The first-order valence-electron chi connectivity index (χ1n) is 9.69. The summed E-state index contributed by atoms with van der Waals surface area (Å²) in [5.41, 5.74) is 3.16. The van der Waals surface area contributed by atoms with Crippen LogP contribution in [0.25, 0.3) is 6.08 Å². The normalized spacial score (nSPS) is 15.1. The van der Waals surface area contributed by atoms with Gasteiger partial charge in [-0.15, -0.1) is 0 Å². The Kier molecular flexibility index (Phi) is 7.39. The van der Waals surface area contributed by atoms with Crippen LogP contribution in [0.15, 0.2) is 41.3 Å². The molecule has 0 N–H and O–H groups in total. The van der Waals surface area contributed by atoms with Gasteiger partial charge in [0.2, 0.25) is 0 Å². The number of hydrogen-bond donors (Lipinski definition) is 0. The number of amides is 1. The molecule has 0 unspecified atom stereocenters. The molecule has 0 saturated carbocycles. The standard InChI is InChI=1S/C23H25NO4S2/c1-5-24-22(25)21(30-23(24)29)14-17-7-9-19(20(13-17)26-4)28-11-10-27-18-8-6-15(2)12-16(18)3/h6-9,12-14H,5,10-11H2,1-4H3. The summed E-state index contributed by atoms with van der Waals surface area (Å²) in [4.78, 5) is 14.6. The second kappa shape index (κ2) is 10.00. The molecule has 0 aliphatic carbocycles. The summed E-state index contributed by atoms with van der Waals surface area (Å²) >= 11 is 6.57. The van der Waals surface area contributed by atoms with Crippen LogP contribution in [-0.4, -0.2) is 42.0 Å².